The highest BCUT2D eigenvalue weighted by Crippen LogP contribution is 2.28. The highest BCUT2D eigenvalue weighted by molar-refractivity contribution is 5.82. The third-order valence-corrected chi connectivity index (χ3v) is 3.55. The van der Waals surface area contributed by atoms with E-state index in [1.807, 2.05) is 6.07 Å². The van der Waals surface area contributed by atoms with E-state index in [-0.39, 0.29) is 0 Å². The molecule has 0 heteroatoms. The predicted molar refractivity (Wildman–Crippen MR) is 91.7 cm³/mol. The number of allylic oxidation sites excluding steroid dienone is 7. The Kier molecular flexibility index (Phi) is 4.28. The molecule has 0 spiro atoms. The molecule has 3 rings (SSSR count). The zero-order valence-corrected chi connectivity index (χ0v) is 11.9. The van der Waals surface area contributed by atoms with E-state index >= 15 is 0 Å². The Hall–Kier alpha value is -2.60. The highest BCUT2D eigenvalue weighted by atomic mass is 14.1. The Bertz CT molecular complexity index is 698. The average molecular weight is 270 g/mol. The van der Waals surface area contributed by atoms with Crippen LogP contribution in [0.3, 0.4) is 0 Å². The topological polar surface area (TPSA) is 0 Å². The molecule has 0 amide bonds. The summed E-state index contributed by atoms with van der Waals surface area (Å²) in [4.78, 5) is 0. The zero-order valence-electron chi connectivity index (χ0n) is 11.9. The van der Waals surface area contributed by atoms with Gasteiger partial charge in [0.2, 0.25) is 0 Å². The lowest BCUT2D eigenvalue weighted by Crippen LogP contribution is -1.92. The van der Waals surface area contributed by atoms with Crippen molar-refractivity contribution < 1.29 is 0 Å². The standard InChI is InChI=1S/C21H18/c1-3-10-18(11-4-1)12-9-16-20-15-7-8-17-21(20)19-13-5-2-6-14-19/h1-14,16-17H,15H2. The summed E-state index contributed by atoms with van der Waals surface area (Å²) < 4.78 is 0. The molecule has 0 saturated carbocycles. The van der Waals surface area contributed by atoms with Crippen molar-refractivity contribution in [2.75, 3.05) is 0 Å². The van der Waals surface area contributed by atoms with Crippen LogP contribution in [-0.2, 0) is 0 Å². The summed E-state index contributed by atoms with van der Waals surface area (Å²) in [7, 11) is 0. The van der Waals surface area contributed by atoms with E-state index < -0.39 is 0 Å². The fraction of sp³-hybridized carbons (Fsp3) is 0.0476. The van der Waals surface area contributed by atoms with Crippen molar-refractivity contribution in [1.82, 2.24) is 0 Å². The van der Waals surface area contributed by atoms with E-state index in [2.05, 4.69) is 91.1 Å². The van der Waals surface area contributed by atoms with Gasteiger partial charge < -0.3 is 0 Å². The molecule has 102 valence electrons. The van der Waals surface area contributed by atoms with Crippen LogP contribution in [0.15, 0.2) is 96.6 Å². The monoisotopic (exact) mass is 270 g/mol. The molecule has 0 aliphatic heterocycles. The zero-order chi connectivity index (χ0) is 14.3. The first-order valence-electron chi connectivity index (χ1n) is 7.28. The van der Waals surface area contributed by atoms with E-state index in [0.717, 1.165) is 6.42 Å². The maximum atomic E-state index is 2.22. The minimum absolute atomic E-state index is 0.986. The Morgan fingerprint density at radius 2 is 1.52 bits per heavy atom. The largest absolute Gasteiger partial charge is 0.0801 e. The highest BCUT2D eigenvalue weighted by Gasteiger charge is 2.07. The molecule has 0 bridgehead atoms. The first-order valence-corrected chi connectivity index (χ1v) is 7.28. The summed E-state index contributed by atoms with van der Waals surface area (Å²) in [5.74, 6) is 0. The maximum absolute atomic E-state index is 2.22. The van der Waals surface area contributed by atoms with Crippen LogP contribution in [0, 0.1) is 0 Å². The van der Waals surface area contributed by atoms with Gasteiger partial charge in [-0.15, -0.1) is 0 Å². The molecule has 0 heterocycles. The lowest BCUT2D eigenvalue weighted by Gasteiger charge is -2.13. The smallest absolute Gasteiger partial charge is 0.00882 e. The minimum Gasteiger partial charge on any atom is -0.0801 e. The minimum atomic E-state index is 0.986. The summed E-state index contributed by atoms with van der Waals surface area (Å²) >= 11 is 0. The molecule has 1 aliphatic rings. The molecule has 0 radical (unpaired) electrons. The molecule has 0 nitrogen and oxygen atoms in total. The summed E-state index contributed by atoms with van der Waals surface area (Å²) in [6, 6.07) is 21.0. The molecule has 0 aromatic heterocycles. The van der Waals surface area contributed by atoms with E-state index in [4.69, 9.17) is 0 Å². The second-order valence-corrected chi connectivity index (χ2v) is 5.04. The molecule has 0 unspecified atom stereocenters. The first kappa shape index (κ1) is 13.4. The van der Waals surface area contributed by atoms with E-state index in [1.54, 1.807) is 0 Å². The third-order valence-electron chi connectivity index (χ3n) is 3.55. The molecule has 2 aromatic carbocycles. The van der Waals surface area contributed by atoms with Crippen LogP contribution in [-0.4, -0.2) is 0 Å². The van der Waals surface area contributed by atoms with Crippen molar-refractivity contribution in [3.63, 3.8) is 0 Å². The second kappa shape index (κ2) is 6.71. The Morgan fingerprint density at radius 3 is 2.29 bits per heavy atom. The van der Waals surface area contributed by atoms with Gasteiger partial charge in [-0.1, -0.05) is 97.1 Å². The third kappa shape index (κ3) is 3.49. The summed E-state index contributed by atoms with van der Waals surface area (Å²) in [6.07, 6.45) is 14.0. The fourth-order valence-corrected chi connectivity index (χ4v) is 2.47. The van der Waals surface area contributed by atoms with Crippen molar-refractivity contribution in [3.05, 3.63) is 108 Å². The van der Waals surface area contributed by atoms with Crippen molar-refractivity contribution in [2.45, 2.75) is 6.42 Å². The number of rotatable bonds is 3. The number of hydrogen-bond acceptors (Lipinski definition) is 0. The van der Waals surface area contributed by atoms with Crippen LogP contribution in [0.2, 0.25) is 0 Å². The number of benzene rings is 2. The van der Waals surface area contributed by atoms with Gasteiger partial charge >= 0.3 is 0 Å². The van der Waals surface area contributed by atoms with Crippen LogP contribution in [0.5, 0.6) is 0 Å². The van der Waals surface area contributed by atoms with Crippen LogP contribution < -0.4 is 0 Å². The fourth-order valence-electron chi connectivity index (χ4n) is 2.47. The van der Waals surface area contributed by atoms with Gasteiger partial charge in [0.25, 0.3) is 0 Å². The van der Waals surface area contributed by atoms with Gasteiger partial charge in [0.05, 0.1) is 0 Å². The molecule has 0 N–H and O–H groups in total. The quantitative estimate of drug-likeness (QED) is 0.674. The van der Waals surface area contributed by atoms with Crippen molar-refractivity contribution in [3.8, 4) is 0 Å². The Labute approximate surface area is 126 Å². The van der Waals surface area contributed by atoms with Crippen LogP contribution in [0.1, 0.15) is 17.5 Å². The molecule has 21 heavy (non-hydrogen) atoms. The lowest BCUT2D eigenvalue weighted by molar-refractivity contribution is 1.27. The summed E-state index contributed by atoms with van der Waals surface area (Å²) in [5, 5.41) is 0. The average Bonchev–Trinajstić information content (AvgIpc) is 2.57. The summed E-state index contributed by atoms with van der Waals surface area (Å²) in [6.45, 7) is 0. The van der Waals surface area contributed by atoms with Gasteiger partial charge in [0, 0.05) is 0 Å². The molecule has 2 aromatic rings. The van der Waals surface area contributed by atoms with E-state index in [0.29, 0.717) is 0 Å². The van der Waals surface area contributed by atoms with Gasteiger partial charge in [0.15, 0.2) is 0 Å². The lowest BCUT2D eigenvalue weighted by atomic mass is 9.92. The molecular formula is C21H18. The number of hydrogen-bond donors (Lipinski definition) is 0. The molecule has 1 aliphatic carbocycles. The predicted octanol–water partition coefficient (Wildman–Crippen LogP) is 5.67. The van der Waals surface area contributed by atoms with Crippen molar-refractivity contribution >= 4 is 11.6 Å². The van der Waals surface area contributed by atoms with E-state index in [1.165, 1.54) is 22.3 Å². The van der Waals surface area contributed by atoms with Gasteiger partial charge in [-0.25, -0.2) is 0 Å². The van der Waals surface area contributed by atoms with Crippen LogP contribution in [0.4, 0.5) is 0 Å². The molecule has 0 fully saturated rings. The normalized spacial score (nSPS) is 16.4. The first-order chi connectivity index (χ1) is 10.4. The van der Waals surface area contributed by atoms with Crippen molar-refractivity contribution in [2.24, 2.45) is 0 Å². The van der Waals surface area contributed by atoms with Gasteiger partial charge in [0.1, 0.15) is 0 Å². The Morgan fingerprint density at radius 1 is 0.810 bits per heavy atom. The summed E-state index contributed by atoms with van der Waals surface area (Å²) in [5.41, 5.74) is 5.18. The molecule has 0 saturated heterocycles. The van der Waals surface area contributed by atoms with Crippen LogP contribution >= 0.6 is 0 Å². The molecule has 0 atom stereocenters. The Balaban J connectivity index is 1.84. The van der Waals surface area contributed by atoms with Crippen LogP contribution in [0.25, 0.3) is 11.6 Å². The van der Waals surface area contributed by atoms with E-state index in [9.17, 15) is 0 Å². The SMILES string of the molecule is C1=CCC(=CC=Cc2ccccc2)C(c2ccccc2)=C1. The maximum Gasteiger partial charge on any atom is -0.00882 e. The molecular weight excluding hydrogens is 252 g/mol. The van der Waals surface area contributed by atoms with Crippen molar-refractivity contribution in [1.29, 1.82) is 0 Å². The second-order valence-electron chi connectivity index (χ2n) is 5.04. The van der Waals surface area contributed by atoms with Gasteiger partial charge in [-0.3, -0.25) is 0 Å². The van der Waals surface area contributed by atoms with Gasteiger partial charge in [-0.05, 0) is 28.7 Å². The van der Waals surface area contributed by atoms with Gasteiger partial charge in [-0.2, -0.15) is 0 Å².